The first kappa shape index (κ1) is 22.0. The number of aliphatic carboxylic acids is 1. The van der Waals surface area contributed by atoms with E-state index in [-0.39, 0.29) is 18.2 Å². The topological polar surface area (TPSA) is 81.2 Å². The molecule has 2 unspecified atom stereocenters. The van der Waals surface area contributed by atoms with Crippen molar-refractivity contribution in [3.8, 4) is 0 Å². The molecule has 0 radical (unpaired) electrons. The van der Waals surface area contributed by atoms with Crippen LogP contribution in [0.1, 0.15) is 52.7 Å². The van der Waals surface area contributed by atoms with Crippen molar-refractivity contribution in [3.63, 3.8) is 0 Å². The lowest BCUT2D eigenvalue weighted by atomic mass is 9.88. The van der Waals surface area contributed by atoms with Crippen molar-refractivity contribution in [2.24, 2.45) is 0 Å². The van der Waals surface area contributed by atoms with Gasteiger partial charge in [0.2, 0.25) is 5.91 Å². The van der Waals surface area contributed by atoms with E-state index in [0.29, 0.717) is 5.56 Å². The standard InChI is InChI=1S/C25H29N3O4/c1-26(2)18-12-10-17(11-13-18)21(27-14-6-3-7-15-27)16-28-23(29)20-9-5-4-8-19(20)22(24(28)30)25(31)32/h4-5,8-13,21-22H,3,6-7,14-16H2,1-2H3,(H,31,32). The van der Waals surface area contributed by atoms with Gasteiger partial charge in [0, 0.05) is 31.9 Å². The molecule has 2 heterocycles. The van der Waals surface area contributed by atoms with E-state index in [4.69, 9.17) is 0 Å². The van der Waals surface area contributed by atoms with Gasteiger partial charge in [0.25, 0.3) is 5.91 Å². The SMILES string of the molecule is CN(C)c1ccc(C(CN2C(=O)c3ccccc3C(C(=O)O)C2=O)N2CCCCC2)cc1. The molecule has 2 aromatic carbocycles. The van der Waals surface area contributed by atoms with Crippen molar-refractivity contribution in [2.75, 3.05) is 38.6 Å². The lowest BCUT2D eigenvalue weighted by Gasteiger charge is -2.39. The van der Waals surface area contributed by atoms with Crippen LogP contribution in [-0.2, 0) is 9.59 Å². The quantitative estimate of drug-likeness (QED) is 0.555. The number of carbonyl (C=O) groups is 3. The fourth-order valence-corrected chi connectivity index (χ4v) is 4.72. The number of hydrogen-bond acceptors (Lipinski definition) is 5. The molecule has 2 atom stereocenters. The van der Waals surface area contributed by atoms with Crippen molar-refractivity contribution in [1.82, 2.24) is 9.80 Å². The number of hydrogen-bond donors (Lipinski definition) is 1. The van der Waals surface area contributed by atoms with Gasteiger partial charge in [0.1, 0.15) is 0 Å². The number of carboxylic acids is 1. The first-order valence-electron chi connectivity index (χ1n) is 11.1. The number of rotatable bonds is 6. The highest BCUT2D eigenvalue weighted by Crippen LogP contribution is 2.33. The summed E-state index contributed by atoms with van der Waals surface area (Å²) in [7, 11) is 3.96. The van der Waals surface area contributed by atoms with Crippen LogP contribution in [0.5, 0.6) is 0 Å². The van der Waals surface area contributed by atoms with Crippen molar-refractivity contribution in [1.29, 1.82) is 0 Å². The second-order valence-corrected chi connectivity index (χ2v) is 8.71. The average Bonchev–Trinajstić information content (AvgIpc) is 2.80. The van der Waals surface area contributed by atoms with E-state index in [9.17, 15) is 19.5 Å². The van der Waals surface area contributed by atoms with Gasteiger partial charge in [-0.25, -0.2) is 0 Å². The van der Waals surface area contributed by atoms with Crippen LogP contribution in [0.15, 0.2) is 48.5 Å². The molecule has 4 rings (SSSR count). The van der Waals surface area contributed by atoms with Crippen LogP contribution in [0.4, 0.5) is 5.69 Å². The van der Waals surface area contributed by atoms with Gasteiger partial charge in [-0.1, -0.05) is 36.8 Å². The molecule has 168 valence electrons. The smallest absolute Gasteiger partial charge is 0.320 e. The summed E-state index contributed by atoms with van der Waals surface area (Å²) in [6.07, 6.45) is 3.29. The maximum atomic E-state index is 13.3. The molecule has 2 aliphatic rings. The number of carboxylic acid groups (broad SMARTS) is 1. The van der Waals surface area contributed by atoms with Gasteiger partial charge in [-0.3, -0.25) is 24.2 Å². The number of anilines is 1. The van der Waals surface area contributed by atoms with Crippen molar-refractivity contribution in [3.05, 3.63) is 65.2 Å². The summed E-state index contributed by atoms with van der Waals surface area (Å²) < 4.78 is 0. The minimum absolute atomic E-state index is 0.136. The third-order valence-corrected chi connectivity index (χ3v) is 6.49. The van der Waals surface area contributed by atoms with Crippen LogP contribution >= 0.6 is 0 Å². The molecule has 0 bridgehead atoms. The maximum Gasteiger partial charge on any atom is 0.320 e. The average molecular weight is 436 g/mol. The Kier molecular flexibility index (Phi) is 6.28. The molecule has 1 saturated heterocycles. The van der Waals surface area contributed by atoms with Crippen LogP contribution in [0, 0.1) is 0 Å². The van der Waals surface area contributed by atoms with Crippen LogP contribution in [0.25, 0.3) is 0 Å². The molecule has 2 aromatic rings. The van der Waals surface area contributed by atoms with Gasteiger partial charge in [-0.2, -0.15) is 0 Å². The Morgan fingerprint density at radius 2 is 1.69 bits per heavy atom. The molecule has 0 spiro atoms. The van der Waals surface area contributed by atoms with Gasteiger partial charge in [0.05, 0.1) is 6.04 Å². The van der Waals surface area contributed by atoms with Gasteiger partial charge < -0.3 is 10.0 Å². The number of carbonyl (C=O) groups excluding carboxylic acids is 2. The van der Waals surface area contributed by atoms with Crippen molar-refractivity contribution in [2.45, 2.75) is 31.2 Å². The third-order valence-electron chi connectivity index (χ3n) is 6.49. The van der Waals surface area contributed by atoms with E-state index >= 15 is 0 Å². The fraction of sp³-hybridized carbons (Fsp3) is 0.400. The molecule has 2 aliphatic heterocycles. The minimum Gasteiger partial charge on any atom is -0.480 e. The molecule has 1 N–H and O–H groups in total. The summed E-state index contributed by atoms with van der Waals surface area (Å²) in [6.45, 7) is 1.90. The lowest BCUT2D eigenvalue weighted by Crippen LogP contribution is -2.51. The minimum atomic E-state index is -1.36. The zero-order chi connectivity index (χ0) is 22.8. The van der Waals surface area contributed by atoms with Crippen LogP contribution in [0.3, 0.4) is 0 Å². The molecular weight excluding hydrogens is 406 g/mol. The van der Waals surface area contributed by atoms with Crippen LogP contribution < -0.4 is 4.90 Å². The predicted octanol–water partition coefficient (Wildman–Crippen LogP) is 3.13. The second-order valence-electron chi connectivity index (χ2n) is 8.71. The zero-order valence-electron chi connectivity index (χ0n) is 18.5. The Morgan fingerprint density at radius 1 is 1.03 bits per heavy atom. The van der Waals surface area contributed by atoms with Gasteiger partial charge in [-0.05, 0) is 55.3 Å². The normalized spacial score (nSPS) is 20.1. The number of piperidine rings is 1. The molecule has 0 aromatic heterocycles. The summed E-state index contributed by atoms with van der Waals surface area (Å²) in [5.41, 5.74) is 2.65. The fourth-order valence-electron chi connectivity index (χ4n) is 4.72. The van der Waals surface area contributed by atoms with E-state index in [0.717, 1.165) is 42.1 Å². The number of benzene rings is 2. The number of imide groups is 1. The first-order chi connectivity index (χ1) is 15.4. The number of fused-ring (bicyclic) bond motifs is 1. The van der Waals surface area contributed by atoms with E-state index in [1.807, 2.05) is 43.3 Å². The highest BCUT2D eigenvalue weighted by molar-refractivity contribution is 6.17. The Morgan fingerprint density at radius 3 is 2.31 bits per heavy atom. The highest BCUT2D eigenvalue weighted by atomic mass is 16.4. The second kappa shape index (κ2) is 9.12. The third kappa shape index (κ3) is 4.12. The zero-order valence-corrected chi connectivity index (χ0v) is 18.5. The molecule has 7 heteroatoms. The van der Waals surface area contributed by atoms with E-state index in [2.05, 4.69) is 4.90 Å². The Labute approximate surface area is 188 Å². The molecule has 0 saturated carbocycles. The van der Waals surface area contributed by atoms with Gasteiger partial charge in [0.15, 0.2) is 5.92 Å². The predicted molar refractivity (Wildman–Crippen MR) is 122 cm³/mol. The summed E-state index contributed by atoms with van der Waals surface area (Å²) in [4.78, 5) is 44.0. The summed E-state index contributed by atoms with van der Waals surface area (Å²) in [6, 6.07) is 14.5. The maximum absolute atomic E-state index is 13.3. The van der Waals surface area contributed by atoms with Crippen molar-refractivity contribution >= 4 is 23.5 Å². The monoisotopic (exact) mass is 435 g/mol. The molecule has 1 fully saturated rings. The van der Waals surface area contributed by atoms with Gasteiger partial charge in [-0.15, -0.1) is 0 Å². The summed E-state index contributed by atoms with van der Waals surface area (Å²) in [5.74, 6) is -3.67. The first-order valence-corrected chi connectivity index (χ1v) is 11.1. The molecular formula is C25H29N3O4. The Hall–Kier alpha value is -3.19. The van der Waals surface area contributed by atoms with Crippen molar-refractivity contribution < 1.29 is 19.5 Å². The molecule has 0 aliphatic carbocycles. The van der Waals surface area contributed by atoms with Crippen LogP contribution in [0.2, 0.25) is 0 Å². The Balaban J connectivity index is 1.70. The number of nitrogens with zero attached hydrogens (tertiary/aromatic N) is 3. The summed E-state index contributed by atoms with van der Waals surface area (Å²) in [5, 5.41) is 9.77. The number of amides is 2. The lowest BCUT2D eigenvalue weighted by molar-refractivity contribution is -0.146. The Bertz CT molecular complexity index is 1010. The molecule has 7 nitrogen and oxygen atoms in total. The largest absolute Gasteiger partial charge is 0.480 e. The highest BCUT2D eigenvalue weighted by Gasteiger charge is 2.44. The molecule has 2 amide bonds. The van der Waals surface area contributed by atoms with E-state index in [1.54, 1.807) is 24.3 Å². The van der Waals surface area contributed by atoms with Crippen LogP contribution in [-0.4, -0.2) is 66.4 Å². The molecule has 32 heavy (non-hydrogen) atoms. The van der Waals surface area contributed by atoms with E-state index < -0.39 is 23.7 Å². The number of likely N-dealkylation sites (tertiary alicyclic amines) is 1. The summed E-state index contributed by atoms with van der Waals surface area (Å²) >= 11 is 0. The van der Waals surface area contributed by atoms with Gasteiger partial charge >= 0.3 is 5.97 Å². The van der Waals surface area contributed by atoms with E-state index in [1.165, 1.54) is 6.42 Å².